The summed E-state index contributed by atoms with van der Waals surface area (Å²) in [6.07, 6.45) is 1.00. The average Bonchev–Trinajstić information content (AvgIpc) is 2.67. The summed E-state index contributed by atoms with van der Waals surface area (Å²) < 4.78 is 24.1. The second kappa shape index (κ2) is 11.0. The molecule has 2 rings (SSSR count). The number of ether oxygens (including phenoxy) is 2. The number of halogens is 2. The Morgan fingerprint density at radius 2 is 1.96 bits per heavy atom. The quantitative estimate of drug-likeness (QED) is 0.585. The molecule has 0 fully saturated rings. The molecule has 1 amide bonds. The van der Waals surface area contributed by atoms with E-state index >= 15 is 0 Å². The van der Waals surface area contributed by atoms with Crippen LogP contribution >= 0.6 is 23.4 Å². The summed E-state index contributed by atoms with van der Waals surface area (Å²) in [6, 6.07) is 10.3. The molecule has 146 valence electrons. The lowest BCUT2D eigenvalue weighted by atomic mass is 10.1. The molecular weight excluding hydrogens is 389 g/mol. The fourth-order valence-electron chi connectivity index (χ4n) is 2.49. The molecule has 0 saturated carbocycles. The fourth-order valence-corrected chi connectivity index (χ4v) is 3.69. The second-order valence-corrected chi connectivity index (χ2v) is 7.30. The minimum absolute atomic E-state index is 0.0192. The third-order valence-corrected chi connectivity index (χ3v) is 5.31. The van der Waals surface area contributed by atoms with Crippen molar-refractivity contribution in [2.75, 3.05) is 26.5 Å². The van der Waals surface area contributed by atoms with Gasteiger partial charge in [0.15, 0.2) is 11.5 Å². The van der Waals surface area contributed by atoms with E-state index in [1.807, 2.05) is 18.2 Å². The monoisotopic (exact) mass is 411 g/mol. The van der Waals surface area contributed by atoms with Gasteiger partial charge in [-0.3, -0.25) is 4.79 Å². The lowest BCUT2D eigenvalue weighted by Gasteiger charge is -2.10. The molecular formula is C20H23ClFNO3S. The molecule has 0 saturated heterocycles. The van der Waals surface area contributed by atoms with Gasteiger partial charge in [0.1, 0.15) is 5.82 Å². The van der Waals surface area contributed by atoms with E-state index in [0.717, 1.165) is 5.56 Å². The molecule has 0 heterocycles. The van der Waals surface area contributed by atoms with Gasteiger partial charge >= 0.3 is 0 Å². The van der Waals surface area contributed by atoms with Crippen LogP contribution < -0.4 is 14.8 Å². The van der Waals surface area contributed by atoms with Crippen molar-refractivity contribution < 1.29 is 18.7 Å². The third-order valence-electron chi connectivity index (χ3n) is 3.97. The molecule has 1 N–H and O–H groups in total. The summed E-state index contributed by atoms with van der Waals surface area (Å²) >= 11 is 7.52. The number of aryl methyl sites for hydroxylation is 1. The Hall–Kier alpha value is -1.92. The number of carbonyl (C=O) groups is 1. The summed E-state index contributed by atoms with van der Waals surface area (Å²) in [5.41, 5.74) is 1.51. The zero-order chi connectivity index (χ0) is 19.6. The van der Waals surface area contributed by atoms with Crippen LogP contribution in [-0.4, -0.2) is 32.4 Å². The number of hydrogen-bond acceptors (Lipinski definition) is 4. The molecule has 0 atom stereocenters. The fraction of sp³-hybridized carbons (Fsp3) is 0.350. The van der Waals surface area contributed by atoms with Crippen LogP contribution in [-0.2, 0) is 17.0 Å². The molecule has 0 aliphatic rings. The summed E-state index contributed by atoms with van der Waals surface area (Å²) in [5.74, 6) is 2.17. The molecule has 2 aromatic carbocycles. The average molecular weight is 412 g/mol. The number of rotatable bonds is 10. The lowest BCUT2D eigenvalue weighted by molar-refractivity contribution is -0.120. The Morgan fingerprint density at radius 1 is 1.19 bits per heavy atom. The van der Waals surface area contributed by atoms with E-state index in [4.69, 9.17) is 21.1 Å². The first-order chi connectivity index (χ1) is 13.0. The summed E-state index contributed by atoms with van der Waals surface area (Å²) in [4.78, 5) is 12.0. The van der Waals surface area contributed by atoms with Crippen LogP contribution in [0.15, 0.2) is 36.4 Å². The van der Waals surface area contributed by atoms with Gasteiger partial charge in [-0.15, -0.1) is 0 Å². The first-order valence-corrected chi connectivity index (χ1v) is 10.1. The van der Waals surface area contributed by atoms with Crippen molar-refractivity contribution >= 4 is 29.3 Å². The lowest BCUT2D eigenvalue weighted by Crippen LogP contribution is -2.25. The zero-order valence-electron chi connectivity index (χ0n) is 15.4. The molecule has 4 nitrogen and oxygen atoms in total. The Kier molecular flexibility index (Phi) is 8.75. The SMILES string of the molecule is COc1ccc(CCC(=O)NCCSCc2c(F)cccc2Cl)cc1OC. The number of methoxy groups -OCH3 is 2. The normalized spacial score (nSPS) is 10.5. The number of nitrogens with one attached hydrogen (secondary N) is 1. The topological polar surface area (TPSA) is 47.6 Å². The number of amides is 1. The van der Waals surface area contributed by atoms with Crippen molar-refractivity contribution in [3.8, 4) is 11.5 Å². The maximum atomic E-state index is 13.7. The van der Waals surface area contributed by atoms with Gasteiger partial charge in [0.05, 0.1) is 14.2 Å². The van der Waals surface area contributed by atoms with Crippen LogP contribution in [0.2, 0.25) is 5.02 Å². The summed E-state index contributed by atoms with van der Waals surface area (Å²) in [7, 11) is 3.17. The van der Waals surface area contributed by atoms with Crippen LogP contribution in [0.25, 0.3) is 0 Å². The Bertz CT molecular complexity index is 753. The molecule has 0 spiro atoms. The van der Waals surface area contributed by atoms with Gasteiger partial charge in [-0.05, 0) is 36.2 Å². The van der Waals surface area contributed by atoms with E-state index < -0.39 is 0 Å². The smallest absolute Gasteiger partial charge is 0.220 e. The Labute approximate surface area is 168 Å². The van der Waals surface area contributed by atoms with E-state index in [-0.39, 0.29) is 11.7 Å². The van der Waals surface area contributed by atoms with Crippen LogP contribution in [0.4, 0.5) is 4.39 Å². The van der Waals surface area contributed by atoms with Crippen LogP contribution in [0, 0.1) is 5.82 Å². The predicted octanol–water partition coefficient (Wildman–Crippen LogP) is 4.48. The van der Waals surface area contributed by atoms with Gasteiger partial charge in [0, 0.05) is 35.1 Å². The zero-order valence-corrected chi connectivity index (χ0v) is 17.0. The van der Waals surface area contributed by atoms with Crippen molar-refractivity contribution in [1.29, 1.82) is 0 Å². The number of thioether (sulfide) groups is 1. The molecule has 0 unspecified atom stereocenters. The van der Waals surface area contributed by atoms with Gasteiger partial charge in [-0.25, -0.2) is 4.39 Å². The Balaban J connectivity index is 1.68. The number of carbonyl (C=O) groups excluding carboxylic acids is 1. The molecule has 2 aromatic rings. The largest absolute Gasteiger partial charge is 0.493 e. The highest BCUT2D eigenvalue weighted by atomic mass is 35.5. The highest BCUT2D eigenvalue weighted by molar-refractivity contribution is 7.98. The van der Waals surface area contributed by atoms with Gasteiger partial charge in [0.25, 0.3) is 0 Å². The van der Waals surface area contributed by atoms with E-state index in [9.17, 15) is 9.18 Å². The maximum Gasteiger partial charge on any atom is 0.220 e. The molecule has 0 aromatic heterocycles. The van der Waals surface area contributed by atoms with Gasteiger partial charge in [-0.2, -0.15) is 11.8 Å². The van der Waals surface area contributed by atoms with Gasteiger partial charge in [-0.1, -0.05) is 23.7 Å². The third kappa shape index (κ3) is 6.63. The van der Waals surface area contributed by atoms with Crippen molar-refractivity contribution in [3.63, 3.8) is 0 Å². The Morgan fingerprint density at radius 3 is 2.67 bits per heavy atom. The van der Waals surface area contributed by atoms with Crippen molar-refractivity contribution in [2.24, 2.45) is 0 Å². The number of hydrogen-bond donors (Lipinski definition) is 1. The minimum Gasteiger partial charge on any atom is -0.493 e. The molecule has 0 bridgehead atoms. The van der Waals surface area contributed by atoms with Crippen LogP contribution in [0.3, 0.4) is 0 Å². The number of benzene rings is 2. The highest BCUT2D eigenvalue weighted by Crippen LogP contribution is 2.28. The second-order valence-electron chi connectivity index (χ2n) is 5.79. The van der Waals surface area contributed by atoms with E-state index in [0.29, 0.717) is 53.0 Å². The van der Waals surface area contributed by atoms with E-state index in [1.165, 1.54) is 17.8 Å². The maximum absolute atomic E-state index is 13.7. The first-order valence-electron chi connectivity index (χ1n) is 8.53. The molecule has 0 aliphatic carbocycles. The van der Waals surface area contributed by atoms with Crippen LogP contribution in [0.5, 0.6) is 11.5 Å². The van der Waals surface area contributed by atoms with Gasteiger partial charge < -0.3 is 14.8 Å². The standard InChI is InChI=1S/C20H23ClFNO3S/c1-25-18-8-6-14(12-19(18)26-2)7-9-20(24)23-10-11-27-13-15-16(21)4-3-5-17(15)22/h3-6,8,12H,7,9-11,13H2,1-2H3,(H,23,24). The predicted molar refractivity (Wildman–Crippen MR) is 108 cm³/mol. The highest BCUT2D eigenvalue weighted by Gasteiger charge is 2.08. The van der Waals surface area contributed by atoms with Crippen molar-refractivity contribution in [2.45, 2.75) is 18.6 Å². The van der Waals surface area contributed by atoms with Crippen LogP contribution in [0.1, 0.15) is 17.5 Å². The minimum atomic E-state index is -0.297. The molecule has 7 heteroatoms. The van der Waals surface area contributed by atoms with Crippen molar-refractivity contribution in [1.82, 2.24) is 5.32 Å². The molecule has 0 radical (unpaired) electrons. The van der Waals surface area contributed by atoms with Gasteiger partial charge in [0.2, 0.25) is 5.91 Å². The molecule has 27 heavy (non-hydrogen) atoms. The van der Waals surface area contributed by atoms with Crippen molar-refractivity contribution in [3.05, 3.63) is 58.4 Å². The first kappa shape index (κ1) is 21.4. The van der Waals surface area contributed by atoms with E-state index in [1.54, 1.807) is 26.4 Å². The van der Waals surface area contributed by atoms with E-state index in [2.05, 4.69) is 5.32 Å². The summed E-state index contributed by atoms with van der Waals surface area (Å²) in [6.45, 7) is 0.529. The summed E-state index contributed by atoms with van der Waals surface area (Å²) in [5, 5.41) is 3.31. The molecule has 0 aliphatic heterocycles.